The normalized spacial score (nSPS) is 11.8. The number of para-hydroxylation sites is 1. The highest BCUT2D eigenvalue weighted by Gasteiger charge is 2.20. The highest BCUT2D eigenvalue weighted by atomic mass is 32.2. The number of sulfonamides is 1. The van der Waals surface area contributed by atoms with Gasteiger partial charge in [0.1, 0.15) is 18.2 Å². The lowest BCUT2D eigenvalue weighted by Gasteiger charge is -2.12. The predicted molar refractivity (Wildman–Crippen MR) is 122 cm³/mol. The first-order chi connectivity index (χ1) is 15.3. The molecule has 0 bridgehead atoms. The van der Waals surface area contributed by atoms with Crippen LogP contribution in [0.4, 0.5) is 0 Å². The first-order valence-corrected chi connectivity index (χ1v) is 12.0. The molecular formula is C23H29N3O5S. The molecular weight excluding hydrogens is 430 g/mol. The number of carbonyl (C=O) groups is 1. The average molecular weight is 460 g/mol. The van der Waals surface area contributed by atoms with Crippen LogP contribution in [0.2, 0.25) is 0 Å². The minimum atomic E-state index is -3.57. The summed E-state index contributed by atoms with van der Waals surface area (Å²) in [6, 6.07) is 12.4. The molecule has 0 aliphatic rings. The standard InChI is InChI=1S/C23H29N3O5S/c1-5-13-26-20-12-11-18(32(28,29)25(3)4)14-19(20)24-22(26)15-31-23(27)16-30-21-10-8-7-9-17(21)6-2/h7-12,14H,5-6,13,15-16H2,1-4H3. The Labute approximate surface area is 188 Å². The van der Waals surface area contributed by atoms with E-state index in [1.807, 2.05) is 42.7 Å². The number of hydrogen-bond donors (Lipinski definition) is 0. The van der Waals surface area contributed by atoms with Gasteiger partial charge in [0.2, 0.25) is 10.0 Å². The molecule has 0 saturated carbocycles. The summed E-state index contributed by atoms with van der Waals surface area (Å²) in [7, 11) is -0.593. The van der Waals surface area contributed by atoms with Gasteiger partial charge in [-0.2, -0.15) is 0 Å². The van der Waals surface area contributed by atoms with Gasteiger partial charge in [-0.3, -0.25) is 0 Å². The van der Waals surface area contributed by atoms with E-state index in [2.05, 4.69) is 4.98 Å². The molecule has 0 saturated heterocycles. The molecule has 3 rings (SSSR count). The molecule has 0 aliphatic heterocycles. The van der Waals surface area contributed by atoms with Crippen LogP contribution in [0.1, 0.15) is 31.7 Å². The minimum absolute atomic E-state index is 0.0257. The van der Waals surface area contributed by atoms with Crippen LogP contribution in [-0.4, -0.2) is 48.9 Å². The maximum atomic E-state index is 12.5. The van der Waals surface area contributed by atoms with Gasteiger partial charge >= 0.3 is 5.97 Å². The molecule has 0 fully saturated rings. The van der Waals surface area contributed by atoms with Gasteiger partial charge < -0.3 is 14.0 Å². The van der Waals surface area contributed by atoms with Gasteiger partial charge in [0.25, 0.3) is 0 Å². The second-order valence-corrected chi connectivity index (χ2v) is 9.68. The first kappa shape index (κ1) is 23.7. The molecule has 9 heteroatoms. The van der Waals surface area contributed by atoms with Crippen molar-refractivity contribution in [3.8, 4) is 5.75 Å². The van der Waals surface area contributed by atoms with Crippen molar-refractivity contribution in [1.82, 2.24) is 13.9 Å². The van der Waals surface area contributed by atoms with Crippen LogP contribution in [0.5, 0.6) is 5.75 Å². The van der Waals surface area contributed by atoms with Crippen molar-refractivity contribution in [2.45, 2.75) is 44.7 Å². The first-order valence-electron chi connectivity index (χ1n) is 10.6. The summed E-state index contributed by atoms with van der Waals surface area (Å²) in [5.41, 5.74) is 2.36. The summed E-state index contributed by atoms with van der Waals surface area (Å²) in [5.74, 6) is 0.727. The van der Waals surface area contributed by atoms with Crippen LogP contribution in [0.15, 0.2) is 47.4 Å². The van der Waals surface area contributed by atoms with E-state index in [0.29, 0.717) is 23.6 Å². The molecule has 2 aromatic carbocycles. The number of aryl methyl sites for hydroxylation is 2. The van der Waals surface area contributed by atoms with E-state index in [9.17, 15) is 13.2 Å². The number of ether oxygens (including phenoxy) is 2. The van der Waals surface area contributed by atoms with Gasteiger partial charge in [-0.1, -0.05) is 32.0 Å². The zero-order valence-corrected chi connectivity index (χ0v) is 19.7. The molecule has 3 aromatic rings. The molecule has 8 nitrogen and oxygen atoms in total. The van der Waals surface area contributed by atoms with Crippen LogP contribution in [0, 0.1) is 0 Å². The summed E-state index contributed by atoms with van der Waals surface area (Å²) in [4.78, 5) is 17.0. The number of hydrogen-bond acceptors (Lipinski definition) is 6. The second-order valence-electron chi connectivity index (χ2n) is 7.53. The van der Waals surface area contributed by atoms with E-state index in [0.717, 1.165) is 28.2 Å². The molecule has 0 aliphatic carbocycles. The quantitative estimate of drug-likeness (QED) is 0.432. The van der Waals surface area contributed by atoms with E-state index < -0.39 is 16.0 Å². The fourth-order valence-electron chi connectivity index (χ4n) is 3.37. The third-order valence-corrected chi connectivity index (χ3v) is 6.90. The summed E-state index contributed by atoms with van der Waals surface area (Å²) >= 11 is 0. The van der Waals surface area contributed by atoms with Crippen molar-refractivity contribution in [1.29, 1.82) is 0 Å². The number of fused-ring (bicyclic) bond motifs is 1. The Morgan fingerprint density at radius 1 is 1.12 bits per heavy atom. The Kier molecular flexibility index (Phi) is 7.52. The zero-order chi connectivity index (χ0) is 23.3. The van der Waals surface area contributed by atoms with Crippen LogP contribution in [-0.2, 0) is 39.1 Å². The number of nitrogens with zero attached hydrogens (tertiary/aromatic N) is 3. The largest absolute Gasteiger partial charge is 0.482 e. The predicted octanol–water partition coefficient (Wildman–Crippen LogP) is 3.38. The van der Waals surface area contributed by atoms with E-state index in [1.54, 1.807) is 18.2 Å². The van der Waals surface area contributed by atoms with Gasteiger partial charge in [0, 0.05) is 20.6 Å². The molecule has 0 atom stereocenters. The highest BCUT2D eigenvalue weighted by molar-refractivity contribution is 7.89. The van der Waals surface area contributed by atoms with Crippen molar-refractivity contribution in [3.63, 3.8) is 0 Å². The van der Waals surface area contributed by atoms with Gasteiger partial charge in [-0.25, -0.2) is 22.5 Å². The third-order valence-electron chi connectivity index (χ3n) is 5.09. The monoisotopic (exact) mass is 459 g/mol. The van der Waals surface area contributed by atoms with Crippen molar-refractivity contribution in [3.05, 3.63) is 53.9 Å². The summed E-state index contributed by atoms with van der Waals surface area (Å²) in [5, 5.41) is 0. The van der Waals surface area contributed by atoms with Crippen molar-refractivity contribution >= 4 is 27.0 Å². The third kappa shape index (κ3) is 5.11. The number of carbonyl (C=O) groups excluding carboxylic acids is 1. The lowest BCUT2D eigenvalue weighted by atomic mass is 10.1. The Bertz CT molecular complexity index is 1200. The molecule has 0 unspecified atom stereocenters. The maximum absolute atomic E-state index is 12.5. The van der Waals surface area contributed by atoms with Gasteiger partial charge in [-0.05, 0) is 42.7 Å². The molecule has 172 valence electrons. The van der Waals surface area contributed by atoms with Gasteiger partial charge in [0.15, 0.2) is 6.61 Å². The summed E-state index contributed by atoms with van der Waals surface area (Å²) in [6.45, 7) is 4.50. The summed E-state index contributed by atoms with van der Waals surface area (Å²) < 4.78 is 39.0. The fraction of sp³-hybridized carbons (Fsp3) is 0.391. The van der Waals surface area contributed by atoms with E-state index in [1.165, 1.54) is 14.1 Å². The number of rotatable bonds is 10. The Balaban J connectivity index is 1.75. The molecule has 0 spiro atoms. The Morgan fingerprint density at radius 2 is 1.88 bits per heavy atom. The maximum Gasteiger partial charge on any atom is 0.344 e. The van der Waals surface area contributed by atoms with Crippen molar-refractivity contribution in [2.75, 3.05) is 20.7 Å². The van der Waals surface area contributed by atoms with Gasteiger partial charge in [-0.15, -0.1) is 0 Å². The highest BCUT2D eigenvalue weighted by Crippen LogP contribution is 2.23. The van der Waals surface area contributed by atoms with Crippen molar-refractivity contribution < 1.29 is 22.7 Å². The molecule has 0 N–H and O–H groups in total. The molecule has 1 aromatic heterocycles. The topological polar surface area (TPSA) is 90.7 Å². The van der Waals surface area contributed by atoms with Crippen LogP contribution >= 0.6 is 0 Å². The number of benzene rings is 2. The zero-order valence-electron chi connectivity index (χ0n) is 18.9. The summed E-state index contributed by atoms with van der Waals surface area (Å²) in [6.07, 6.45) is 1.65. The Morgan fingerprint density at radius 3 is 2.56 bits per heavy atom. The molecule has 0 radical (unpaired) electrons. The fourth-order valence-corrected chi connectivity index (χ4v) is 4.30. The minimum Gasteiger partial charge on any atom is -0.482 e. The van der Waals surface area contributed by atoms with E-state index in [4.69, 9.17) is 9.47 Å². The number of aromatic nitrogens is 2. The average Bonchev–Trinajstić information content (AvgIpc) is 3.13. The Hall–Kier alpha value is -2.91. The van der Waals surface area contributed by atoms with Crippen LogP contribution < -0.4 is 4.74 Å². The van der Waals surface area contributed by atoms with E-state index >= 15 is 0 Å². The van der Waals surface area contributed by atoms with Crippen LogP contribution in [0.3, 0.4) is 0 Å². The number of esters is 1. The molecule has 0 amide bonds. The molecule has 1 heterocycles. The number of imidazole rings is 1. The van der Waals surface area contributed by atoms with E-state index in [-0.39, 0.29) is 18.1 Å². The van der Waals surface area contributed by atoms with Gasteiger partial charge in [0.05, 0.1) is 15.9 Å². The second kappa shape index (κ2) is 10.1. The SMILES string of the molecule is CCCn1c(COC(=O)COc2ccccc2CC)nc2cc(S(=O)(=O)N(C)C)ccc21. The smallest absolute Gasteiger partial charge is 0.344 e. The van der Waals surface area contributed by atoms with Crippen molar-refractivity contribution in [2.24, 2.45) is 0 Å². The lowest BCUT2D eigenvalue weighted by molar-refractivity contribution is -0.147. The lowest BCUT2D eigenvalue weighted by Crippen LogP contribution is -2.22. The molecule has 32 heavy (non-hydrogen) atoms. The van der Waals surface area contributed by atoms with Crippen LogP contribution in [0.25, 0.3) is 11.0 Å².